The number of aliphatic hydroxyl groups excluding tert-OH is 1. The lowest BCUT2D eigenvalue weighted by atomic mass is 10.2. The normalized spacial score (nSPS) is 14.8. The van der Waals surface area contributed by atoms with Crippen LogP contribution in [-0.4, -0.2) is 66.6 Å². The summed E-state index contributed by atoms with van der Waals surface area (Å²) in [5.41, 5.74) is 0.715. The maximum Gasteiger partial charge on any atom is 0.335 e. The number of ether oxygens (including phenoxy) is 1. The minimum absolute atomic E-state index is 0.154. The Hall–Kier alpha value is -2.12. The van der Waals surface area contributed by atoms with Crippen molar-refractivity contribution in [3.63, 3.8) is 0 Å². The van der Waals surface area contributed by atoms with Gasteiger partial charge >= 0.3 is 12.0 Å². The van der Waals surface area contributed by atoms with E-state index >= 15 is 0 Å². The lowest BCUT2D eigenvalue weighted by Gasteiger charge is -2.32. The van der Waals surface area contributed by atoms with Crippen LogP contribution in [0.4, 0.5) is 10.5 Å². The highest BCUT2D eigenvalue weighted by Gasteiger charge is 2.23. The molecule has 2 amide bonds. The molecule has 0 radical (unpaired) electrons. The number of anilines is 1. The van der Waals surface area contributed by atoms with E-state index < -0.39 is 5.97 Å². The smallest absolute Gasteiger partial charge is 0.335 e. The molecule has 1 saturated heterocycles. The number of carboxylic acids is 1. The van der Waals surface area contributed by atoms with Gasteiger partial charge in [-0.25, -0.2) is 9.59 Å². The first kappa shape index (κ1) is 15.3. The number of carbonyl (C=O) groups is 2. The third-order valence-corrected chi connectivity index (χ3v) is 3.26. The van der Waals surface area contributed by atoms with Gasteiger partial charge in [-0.15, -0.1) is 0 Å². The van der Waals surface area contributed by atoms with Gasteiger partial charge in [-0.3, -0.25) is 4.90 Å². The monoisotopic (exact) mass is 294 g/mol. The number of benzene rings is 1. The van der Waals surface area contributed by atoms with Crippen LogP contribution in [0.1, 0.15) is 10.4 Å². The van der Waals surface area contributed by atoms with Gasteiger partial charge in [0, 0.05) is 18.8 Å². The predicted molar refractivity (Wildman–Crippen MR) is 75.6 cm³/mol. The van der Waals surface area contributed by atoms with Gasteiger partial charge in [0.2, 0.25) is 0 Å². The maximum absolute atomic E-state index is 12.5. The Labute approximate surface area is 122 Å². The summed E-state index contributed by atoms with van der Waals surface area (Å²) in [5.74, 6) is -1.02. The first-order valence-corrected chi connectivity index (χ1v) is 6.72. The topological polar surface area (TPSA) is 90.3 Å². The Kier molecular flexibility index (Phi) is 5.13. The second-order valence-electron chi connectivity index (χ2n) is 4.61. The van der Waals surface area contributed by atoms with Gasteiger partial charge in [-0.05, 0) is 24.3 Å². The number of hydrogen-bond acceptors (Lipinski definition) is 4. The molecule has 21 heavy (non-hydrogen) atoms. The van der Waals surface area contributed by atoms with E-state index in [-0.39, 0.29) is 24.7 Å². The summed E-state index contributed by atoms with van der Waals surface area (Å²) < 4.78 is 5.21. The number of nitrogens with zero attached hydrogens (tertiary/aromatic N) is 2. The molecule has 0 aliphatic carbocycles. The van der Waals surface area contributed by atoms with E-state index in [0.717, 1.165) is 0 Å². The number of morpholine rings is 1. The van der Waals surface area contributed by atoms with Crippen molar-refractivity contribution in [1.29, 1.82) is 0 Å². The molecule has 1 aromatic rings. The fourth-order valence-corrected chi connectivity index (χ4v) is 2.14. The molecule has 0 atom stereocenters. The molecule has 0 spiro atoms. The number of carboxylic acid groups (broad SMARTS) is 1. The molecule has 114 valence electrons. The highest BCUT2D eigenvalue weighted by molar-refractivity contribution is 5.93. The zero-order chi connectivity index (χ0) is 15.2. The van der Waals surface area contributed by atoms with Crippen LogP contribution < -0.4 is 4.90 Å². The summed E-state index contributed by atoms with van der Waals surface area (Å²) in [7, 11) is 0. The molecule has 1 aliphatic heterocycles. The minimum Gasteiger partial charge on any atom is -0.478 e. The molecule has 2 rings (SSSR count). The quantitative estimate of drug-likeness (QED) is 0.850. The van der Waals surface area contributed by atoms with E-state index in [1.165, 1.54) is 17.0 Å². The number of carbonyl (C=O) groups excluding carboxylic acids is 1. The Bertz CT molecular complexity index is 497. The molecule has 2 N–H and O–H groups in total. The third-order valence-electron chi connectivity index (χ3n) is 3.26. The SMILES string of the molecule is O=C(O)c1ccc(N(CCO)C(=O)N2CCOCC2)cc1. The van der Waals surface area contributed by atoms with Crippen LogP contribution in [0.2, 0.25) is 0 Å². The fourth-order valence-electron chi connectivity index (χ4n) is 2.14. The molecular formula is C14H18N2O5. The zero-order valence-corrected chi connectivity index (χ0v) is 11.6. The summed E-state index contributed by atoms with van der Waals surface area (Å²) in [5, 5.41) is 18.0. The number of rotatable bonds is 4. The van der Waals surface area contributed by atoms with Crippen molar-refractivity contribution in [3.8, 4) is 0 Å². The van der Waals surface area contributed by atoms with Crippen molar-refractivity contribution < 1.29 is 24.5 Å². The number of amides is 2. The Morgan fingerprint density at radius 3 is 2.33 bits per heavy atom. The average molecular weight is 294 g/mol. The molecule has 7 nitrogen and oxygen atoms in total. The highest BCUT2D eigenvalue weighted by Crippen LogP contribution is 2.17. The molecule has 1 fully saturated rings. The Morgan fingerprint density at radius 1 is 1.19 bits per heavy atom. The average Bonchev–Trinajstić information content (AvgIpc) is 2.53. The van der Waals surface area contributed by atoms with E-state index in [2.05, 4.69) is 0 Å². The van der Waals surface area contributed by atoms with E-state index in [0.29, 0.717) is 32.0 Å². The second-order valence-corrected chi connectivity index (χ2v) is 4.61. The van der Waals surface area contributed by atoms with Crippen LogP contribution in [0.15, 0.2) is 24.3 Å². The van der Waals surface area contributed by atoms with Gasteiger partial charge < -0.3 is 19.8 Å². The molecular weight excluding hydrogens is 276 g/mol. The van der Waals surface area contributed by atoms with Gasteiger partial charge in [-0.2, -0.15) is 0 Å². The molecule has 1 aliphatic rings. The van der Waals surface area contributed by atoms with Crippen LogP contribution in [0.3, 0.4) is 0 Å². The lowest BCUT2D eigenvalue weighted by molar-refractivity contribution is 0.0547. The van der Waals surface area contributed by atoms with Crippen molar-refractivity contribution in [3.05, 3.63) is 29.8 Å². The van der Waals surface area contributed by atoms with Crippen molar-refractivity contribution >= 4 is 17.7 Å². The van der Waals surface area contributed by atoms with Crippen molar-refractivity contribution in [2.24, 2.45) is 0 Å². The third kappa shape index (κ3) is 3.71. The summed E-state index contributed by atoms with van der Waals surface area (Å²) in [6, 6.07) is 5.80. The zero-order valence-electron chi connectivity index (χ0n) is 11.6. The highest BCUT2D eigenvalue weighted by atomic mass is 16.5. The van der Waals surface area contributed by atoms with E-state index in [4.69, 9.17) is 14.9 Å². The summed E-state index contributed by atoms with van der Waals surface area (Å²) >= 11 is 0. The predicted octanol–water partition coefficient (Wildman–Crippen LogP) is 0.636. The molecule has 7 heteroatoms. The molecule has 1 aromatic carbocycles. The van der Waals surface area contributed by atoms with Crippen LogP contribution >= 0.6 is 0 Å². The van der Waals surface area contributed by atoms with E-state index in [1.54, 1.807) is 17.0 Å². The summed E-state index contributed by atoms with van der Waals surface area (Å²) in [6.07, 6.45) is 0. The molecule has 1 heterocycles. The van der Waals surface area contributed by atoms with Crippen LogP contribution in [0.5, 0.6) is 0 Å². The number of hydrogen-bond donors (Lipinski definition) is 2. The van der Waals surface area contributed by atoms with Gasteiger partial charge in [0.25, 0.3) is 0 Å². The fraction of sp³-hybridized carbons (Fsp3) is 0.429. The van der Waals surface area contributed by atoms with Crippen LogP contribution in [0, 0.1) is 0 Å². The Morgan fingerprint density at radius 2 is 1.81 bits per heavy atom. The van der Waals surface area contributed by atoms with Gasteiger partial charge in [0.1, 0.15) is 0 Å². The lowest BCUT2D eigenvalue weighted by Crippen LogP contribution is -2.49. The van der Waals surface area contributed by atoms with Crippen molar-refractivity contribution in [2.45, 2.75) is 0 Å². The van der Waals surface area contributed by atoms with Gasteiger partial charge in [-0.1, -0.05) is 0 Å². The summed E-state index contributed by atoms with van der Waals surface area (Å²) in [4.78, 5) is 26.4. The number of aromatic carboxylic acids is 1. The van der Waals surface area contributed by atoms with Gasteiger partial charge in [0.05, 0.1) is 31.9 Å². The first-order valence-electron chi connectivity index (χ1n) is 6.72. The van der Waals surface area contributed by atoms with Crippen LogP contribution in [0.25, 0.3) is 0 Å². The second kappa shape index (κ2) is 7.05. The van der Waals surface area contributed by atoms with Crippen molar-refractivity contribution in [2.75, 3.05) is 44.4 Å². The molecule has 0 unspecified atom stereocenters. The maximum atomic E-state index is 12.5. The van der Waals surface area contributed by atoms with Crippen LogP contribution in [-0.2, 0) is 4.74 Å². The molecule has 0 aromatic heterocycles. The van der Waals surface area contributed by atoms with Crippen molar-refractivity contribution in [1.82, 2.24) is 4.90 Å². The minimum atomic E-state index is -1.02. The van der Waals surface area contributed by atoms with E-state index in [9.17, 15) is 9.59 Å². The standard InChI is InChI=1S/C14H18N2O5/c17-8-5-16(14(20)15-6-9-21-10-7-15)12-3-1-11(2-4-12)13(18)19/h1-4,17H,5-10H2,(H,18,19). The number of aliphatic hydroxyl groups is 1. The summed E-state index contributed by atoms with van der Waals surface area (Å²) in [6.45, 7) is 1.99. The molecule has 0 bridgehead atoms. The first-order chi connectivity index (χ1) is 10.1. The largest absolute Gasteiger partial charge is 0.478 e. The molecule has 0 saturated carbocycles. The number of urea groups is 1. The van der Waals surface area contributed by atoms with Gasteiger partial charge in [0.15, 0.2) is 0 Å². The van der Waals surface area contributed by atoms with E-state index in [1.807, 2.05) is 0 Å². The Balaban J connectivity index is 2.16.